The van der Waals surface area contributed by atoms with Crippen LogP contribution in [0.1, 0.15) is 0 Å². The molecule has 2 nitrogen and oxygen atoms in total. The van der Waals surface area contributed by atoms with Gasteiger partial charge in [0.1, 0.15) is 5.82 Å². The number of pyridine rings is 1. The topological polar surface area (TPSA) is 22.0 Å². The minimum atomic E-state index is -0.290. The average Bonchev–Trinajstić information content (AvgIpc) is 2.49. The largest absolute Gasteiger partial charge is 0.284 e. The molecule has 0 atom stereocenters. The third-order valence-electron chi connectivity index (χ3n) is 3.18. The Morgan fingerprint density at radius 2 is 1.62 bits per heavy atom. The molecule has 0 aliphatic heterocycles. The normalized spacial score (nSPS) is 10.6. The lowest BCUT2D eigenvalue weighted by atomic mass is 10.1. The molecule has 104 valence electrons. The fraction of sp³-hybridized carbons (Fsp3) is 0. The molecule has 0 unspecified atom stereocenters. The molecular formula is C17H11ClFNO. The van der Waals surface area contributed by atoms with Crippen LogP contribution in [-0.2, 0) is 0 Å². The SMILES string of the molecule is O=c1ccc(-c2ccc(F)cc2)cn1-c1cccc(Cl)c1. The van der Waals surface area contributed by atoms with E-state index in [0.29, 0.717) is 10.7 Å². The van der Waals surface area contributed by atoms with Gasteiger partial charge < -0.3 is 0 Å². The Hall–Kier alpha value is -2.39. The molecule has 0 aliphatic rings. The number of nitrogens with zero attached hydrogens (tertiary/aromatic N) is 1. The van der Waals surface area contributed by atoms with Gasteiger partial charge in [-0.25, -0.2) is 4.39 Å². The highest BCUT2D eigenvalue weighted by molar-refractivity contribution is 6.30. The number of rotatable bonds is 2. The first-order valence-corrected chi connectivity index (χ1v) is 6.76. The molecule has 0 saturated heterocycles. The van der Waals surface area contributed by atoms with Crippen LogP contribution in [0.15, 0.2) is 71.7 Å². The van der Waals surface area contributed by atoms with Crippen molar-refractivity contribution < 1.29 is 4.39 Å². The minimum Gasteiger partial charge on any atom is -0.284 e. The molecule has 3 rings (SSSR count). The Balaban J connectivity index is 2.12. The average molecular weight is 300 g/mol. The van der Waals surface area contributed by atoms with Crippen LogP contribution in [0.3, 0.4) is 0 Å². The second-order valence-corrected chi connectivity index (χ2v) is 5.05. The molecule has 0 saturated carbocycles. The van der Waals surface area contributed by atoms with E-state index < -0.39 is 0 Å². The van der Waals surface area contributed by atoms with Crippen molar-refractivity contribution in [3.8, 4) is 16.8 Å². The molecule has 1 aromatic heterocycles. The van der Waals surface area contributed by atoms with E-state index in [1.54, 1.807) is 42.6 Å². The summed E-state index contributed by atoms with van der Waals surface area (Å²) in [6.07, 6.45) is 1.72. The second-order valence-electron chi connectivity index (χ2n) is 4.61. The van der Waals surface area contributed by atoms with E-state index >= 15 is 0 Å². The van der Waals surface area contributed by atoms with Crippen molar-refractivity contribution in [1.82, 2.24) is 4.57 Å². The molecule has 0 spiro atoms. The quantitative estimate of drug-likeness (QED) is 0.691. The third-order valence-corrected chi connectivity index (χ3v) is 3.41. The van der Waals surface area contributed by atoms with Gasteiger partial charge in [-0.2, -0.15) is 0 Å². The van der Waals surface area contributed by atoms with Crippen LogP contribution in [0.4, 0.5) is 4.39 Å². The Morgan fingerprint density at radius 1 is 0.905 bits per heavy atom. The van der Waals surface area contributed by atoms with Gasteiger partial charge in [-0.05, 0) is 47.5 Å². The number of aromatic nitrogens is 1. The summed E-state index contributed by atoms with van der Waals surface area (Å²) in [5.41, 5.74) is 2.21. The van der Waals surface area contributed by atoms with E-state index in [1.165, 1.54) is 22.8 Å². The fourth-order valence-electron chi connectivity index (χ4n) is 2.13. The molecule has 4 heteroatoms. The molecule has 2 aromatic carbocycles. The Morgan fingerprint density at radius 3 is 2.33 bits per heavy atom. The van der Waals surface area contributed by atoms with E-state index in [2.05, 4.69) is 0 Å². The van der Waals surface area contributed by atoms with Crippen LogP contribution in [0, 0.1) is 5.82 Å². The van der Waals surface area contributed by atoms with Crippen LogP contribution in [0.25, 0.3) is 16.8 Å². The zero-order valence-corrected chi connectivity index (χ0v) is 11.7. The molecular weight excluding hydrogens is 289 g/mol. The number of hydrogen-bond donors (Lipinski definition) is 0. The van der Waals surface area contributed by atoms with E-state index in [4.69, 9.17) is 11.6 Å². The van der Waals surface area contributed by atoms with Crippen molar-refractivity contribution in [2.24, 2.45) is 0 Å². The molecule has 0 fully saturated rings. The summed E-state index contributed by atoms with van der Waals surface area (Å²) in [5, 5.41) is 0.562. The lowest BCUT2D eigenvalue weighted by Crippen LogP contribution is -2.16. The predicted molar refractivity (Wildman–Crippen MR) is 82.4 cm³/mol. The van der Waals surface area contributed by atoms with E-state index in [-0.39, 0.29) is 11.4 Å². The summed E-state index contributed by atoms with van der Waals surface area (Å²) in [5.74, 6) is -0.290. The number of benzene rings is 2. The molecule has 0 bridgehead atoms. The zero-order valence-electron chi connectivity index (χ0n) is 11.0. The summed E-state index contributed by atoms with van der Waals surface area (Å²) < 4.78 is 14.5. The molecule has 1 heterocycles. The van der Waals surface area contributed by atoms with Crippen molar-refractivity contribution in [1.29, 1.82) is 0 Å². The summed E-state index contributed by atoms with van der Waals surface area (Å²) in [6.45, 7) is 0. The Labute approximate surface area is 126 Å². The highest BCUT2D eigenvalue weighted by Crippen LogP contribution is 2.20. The van der Waals surface area contributed by atoms with Crippen LogP contribution in [0.5, 0.6) is 0 Å². The standard InChI is InChI=1S/C17H11ClFNO/c18-14-2-1-3-16(10-14)20-11-13(6-9-17(20)21)12-4-7-15(19)8-5-12/h1-11H. The maximum absolute atomic E-state index is 13.0. The van der Waals surface area contributed by atoms with Crippen LogP contribution in [0.2, 0.25) is 5.02 Å². The fourth-order valence-corrected chi connectivity index (χ4v) is 2.31. The lowest BCUT2D eigenvalue weighted by Gasteiger charge is -2.09. The van der Waals surface area contributed by atoms with Gasteiger partial charge in [0, 0.05) is 17.3 Å². The van der Waals surface area contributed by atoms with Gasteiger partial charge in [-0.3, -0.25) is 9.36 Å². The summed E-state index contributed by atoms with van der Waals surface area (Å²) in [6, 6.07) is 16.4. The first kappa shape index (κ1) is 13.6. The van der Waals surface area contributed by atoms with Crippen molar-refractivity contribution in [3.63, 3.8) is 0 Å². The summed E-state index contributed by atoms with van der Waals surface area (Å²) in [4.78, 5) is 12.0. The first-order chi connectivity index (χ1) is 10.1. The molecule has 0 radical (unpaired) electrons. The van der Waals surface area contributed by atoms with E-state index in [9.17, 15) is 9.18 Å². The van der Waals surface area contributed by atoms with Crippen molar-refractivity contribution in [3.05, 3.63) is 88.1 Å². The first-order valence-electron chi connectivity index (χ1n) is 6.38. The number of hydrogen-bond acceptors (Lipinski definition) is 1. The van der Waals surface area contributed by atoms with Crippen LogP contribution >= 0.6 is 11.6 Å². The zero-order chi connectivity index (χ0) is 14.8. The molecule has 0 N–H and O–H groups in total. The Bertz CT molecular complexity index is 840. The van der Waals surface area contributed by atoms with Crippen molar-refractivity contribution in [2.45, 2.75) is 0 Å². The minimum absolute atomic E-state index is 0.150. The van der Waals surface area contributed by atoms with Gasteiger partial charge in [-0.1, -0.05) is 29.8 Å². The highest BCUT2D eigenvalue weighted by atomic mass is 35.5. The highest BCUT2D eigenvalue weighted by Gasteiger charge is 2.04. The van der Waals surface area contributed by atoms with Gasteiger partial charge in [0.2, 0.25) is 0 Å². The van der Waals surface area contributed by atoms with Crippen molar-refractivity contribution >= 4 is 11.6 Å². The van der Waals surface area contributed by atoms with E-state index in [0.717, 1.165) is 11.1 Å². The van der Waals surface area contributed by atoms with Gasteiger partial charge in [0.05, 0.1) is 5.69 Å². The smallest absolute Gasteiger partial charge is 0.255 e. The monoisotopic (exact) mass is 299 g/mol. The predicted octanol–water partition coefficient (Wildman–Crippen LogP) is 4.30. The van der Waals surface area contributed by atoms with Crippen LogP contribution < -0.4 is 5.56 Å². The molecule has 0 amide bonds. The summed E-state index contributed by atoms with van der Waals surface area (Å²) in [7, 11) is 0. The van der Waals surface area contributed by atoms with Gasteiger partial charge in [0.25, 0.3) is 5.56 Å². The van der Waals surface area contributed by atoms with Crippen LogP contribution in [-0.4, -0.2) is 4.57 Å². The molecule has 21 heavy (non-hydrogen) atoms. The third kappa shape index (κ3) is 2.88. The molecule has 3 aromatic rings. The van der Waals surface area contributed by atoms with E-state index in [1.807, 2.05) is 6.07 Å². The lowest BCUT2D eigenvalue weighted by molar-refractivity contribution is 0.628. The van der Waals surface area contributed by atoms with Crippen molar-refractivity contribution in [2.75, 3.05) is 0 Å². The second kappa shape index (κ2) is 5.54. The van der Waals surface area contributed by atoms with Gasteiger partial charge >= 0.3 is 0 Å². The van der Waals surface area contributed by atoms with Gasteiger partial charge in [-0.15, -0.1) is 0 Å². The summed E-state index contributed by atoms with van der Waals surface area (Å²) >= 11 is 5.96. The Kier molecular flexibility index (Phi) is 3.59. The number of halogens is 2. The van der Waals surface area contributed by atoms with Gasteiger partial charge in [0.15, 0.2) is 0 Å². The maximum atomic E-state index is 13.0. The molecule has 0 aliphatic carbocycles. The maximum Gasteiger partial charge on any atom is 0.255 e.